The molecule has 1 aromatic rings. The minimum atomic E-state index is -2.54. The van der Waals surface area contributed by atoms with E-state index in [1.54, 1.807) is 0 Å². The first-order chi connectivity index (χ1) is 22.1. The highest BCUT2D eigenvalue weighted by Crippen LogP contribution is 2.39. The number of rotatable bonds is 12. The van der Waals surface area contributed by atoms with Crippen molar-refractivity contribution in [1.82, 2.24) is 0 Å². The summed E-state index contributed by atoms with van der Waals surface area (Å²) in [4.78, 5) is 60.8. The molecule has 0 bridgehead atoms. The van der Waals surface area contributed by atoms with Gasteiger partial charge in [-0.3, -0.25) is 19.2 Å². The third-order valence-electron chi connectivity index (χ3n) is 6.79. The van der Waals surface area contributed by atoms with Crippen LogP contribution < -0.4 is 0 Å². The molecule has 2 saturated heterocycles. The summed E-state index contributed by atoms with van der Waals surface area (Å²) >= 11 is 0. The van der Waals surface area contributed by atoms with Crippen LogP contribution in [-0.4, -0.2) is 130 Å². The number of carbonyl (C=O) groups excluding carboxylic acids is 5. The second kappa shape index (κ2) is 16.0. The summed E-state index contributed by atoms with van der Waals surface area (Å²) < 4.78 is 43.8. The molecule has 0 spiro atoms. The van der Waals surface area contributed by atoms with Gasteiger partial charge in [0.1, 0.15) is 31.5 Å². The van der Waals surface area contributed by atoms with E-state index in [0.717, 1.165) is 39.8 Å². The Balaban J connectivity index is 2.01. The van der Waals surface area contributed by atoms with Gasteiger partial charge in [0, 0.05) is 33.8 Å². The number of hydrogen-bond donors (Lipinski definition) is 5. The van der Waals surface area contributed by atoms with Crippen LogP contribution in [0.15, 0.2) is 24.3 Å². The van der Waals surface area contributed by atoms with Crippen LogP contribution >= 0.6 is 0 Å². The van der Waals surface area contributed by atoms with Gasteiger partial charge in [-0.1, -0.05) is 6.07 Å². The van der Waals surface area contributed by atoms with Crippen LogP contribution in [0.25, 0.3) is 6.08 Å². The monoisotopic (exact) mass is 672 g/mol. The summed E-state index contributed by atoms with van der Waals surface area (Å²) in [6, 6.07) is 3.67. The third-order valence-corrected chi connectivity index (χ3v) is 6.79. The quantitative estimate of drug-likeness (QED) is 0.0737. The predicted octanol–water partition coefficient (Wildman–Crippen LogP) is -1.44. The summed E-state index contributed by atoms with van der Waals surface area (Å²) in [6.07, 6.45) is -11.5. The molecule has 2 aliphatic heterocycles. The number of aliphatic hydroxyl groups excluding tert-OH is 3. The van der Waals surface area contributed by atoms with E-state index in [-0.39, 0.29) is 5.56 Å². The molecule has 9 unspecified atom stereocenters. The molecule has 47 heavy (non-hydrogen) atoms. The lowest BCUT2D eigenvalue weighted by Gasteiger charge is -2.46. The van der Waals surface area contributed by atoms with Crippen molar-refractivity contribution in [2.75, 3.05) is 19.8 Å². The Morgan fingerprint density at radius 2 is 1.45 bits per heavy atom. The van der Waals surface area contributed by atoms with E-state index in [1.807, 2.05) is 0 Å². The number of esters is 5. The second-order valence-electron chi connectivity index (χ2n) is 10.4. The largest absolute Gasteiger partial charge is 0.504 e. The molecule has 18 nitrogen and oxygen atoms in total. The van der Waals surface area contributed by atoms with E-state index in [0.29, 0.717) is 0 Å². The molecule has 2 aliphatic rings. The van der Waals surface area contributed by atoms with E-state index < -0.39 is 116 Å². The Hall–Kier alpha value is -4.33. The van der Waals surface area contributed by atoms with Crippen molar-refractivity contribution in [2.45, 2.75) is 82.5 Å². The zero-order chi connectivity index (χ0) is 35.1. The van der Waals surface area contributed by atoms with Crippen LogP contribution in [0.4, 0.5) is 0 Å². The average molecular weight is 673 g/mol. The molecule has 260 valence electrons. The first kappa shape index (κ1) is 37.1. The first-order valence-corrected chi connectivity index (χ1v) is 14.1. The number of ether oxygens (including phenoxy) is 8. The molecule has 0 aromatic heterocycles. The number of benzene rings is 1. The number of aromatic hydroxyl groups is 2. The molecule has 2 fully saturated rings. The summed E-state index contributed by atoms with van der Waals surface area (Å²) in [5.41, 5.74) is 0.260. The first-order valence-electron chi connectivity index (χ1n) is 14.1. The Labute approximate surface area is 267 Å². The van der Waals surface area contributed by atoms with Gasteiger partial charge in [-0.2, -0.15) is 0 Å². The van der Waals surface area contributed by atoms with Crippen LogP contribution in [0.1, 0.15) is 33.3 Å². The smallest absolute Gasteiger partial charge is 0.331 e. The van der Waals surface area contributed by atoms with Gasteiger partial charge in [0.2, 0.25) is 12.1 Å². The Bertz CT molecular complexity index is 1340. The van der Waals surface area contributed by atoms with Gasteiger partial charge in [-0.05, 0) is 23.8 Å². The molecule has 0 saturated carbocycles. The number of carbonyl (C=O) groups is 5. The highest BCUT2D eigenvalue weighted by Gasteiger charge is 2.62. The second-order valence-corrected chi connectivity index (χ2v) is 10.4. The van der Waals surface area contributed by atoms with Crippen molar-refractivity contribution in [3.05, 3.63) is 29.8 Å². The van der Waals surface area contributed by atoms with Gasteiger partial charge in [0.25, 0.3) is 0 Å². The summed E-state index contributed by atoms with van der Waals surface area (Å²) in [5, 5.41) is 50.5. The molecular formula is C29H36O18. The van der Waals surface area contributed by atoms with Crippen molar-refractivity contribution in [2.24, 2.45) is 0 Å². The molecule has 3 rings (SSSR count). The molecule has 1 aromatic carbocycles. The predicted molar refractivity (Wildman–Crippen MR) is 150 cm³/mol. The molecule has 5 N–H and O–H groups in total. The van der Waals surface area contributed by atoms with Gasteiger partial charge in [-0.15, -0.1) is 0 Å². The van der Waals surface area contributed by atoms with Crippen LogP contribution in [0.2, 0.25) is 0 Å². The number of hydrogen-bond acceptors (Lipinski definition) is 18. The van der Waals surface area contributed by atoms with Gasteiger partial charge >= 0.3 is 29.8 Å². The number of phenols is 2. The zero-order valence-corrected chi connectivity index (χ0v) is 25.7. The van der Waals surface area contributed by atoms with E-state index >= 15 is 0 Å². The van der Waals surface area contributed by atoms with E-state index in [4.69, 9.17) is 37.9 Å². The minimum absolute atomic E-state index is 0.260. The average Bonchev–Trinajstić information content (AvgIpc) is 3.25. The zero-order valence-electron chi connectivity index (χ0n) is 25.7. The van der Waals surface area contributed by atoms with E-state index in [1.165, 1.54) is 18.2 Å². The number of phenolic OH excluding ortho intramolecular Hbond substituents is 2. The molecule has 18 heteroatoms. The fourth-order valence-corrected chi connectivity index (χ4v) is 4.87. The molecule has 0 aliphatic carbocycles. The van der Waals surface area contributed by atoms with Crippen molar-refractivity contribution in [3.63, 3.8) is 0 Å². The minimum Gasteiger partial charge on any atom is -0.504 e. The van der Waals surface area contributed by atoms with Gasteiger partial charge in [0.05, 0.1) is 6.61 Å². The maximum absolute atomic E-state index is 12.8. The lowest BCUT2D eigenvalue weighted by Crippen LogP contribution is -2.65. The van der Waals surface area contributed by atoms with Crippen LogP contribution in [0.5, 0.6) is 11.5 Å². The van der Waals surface area contributed by atoms with Crippen molar-refractivity contribution in [3.8, 4) is 11.5 Å². The summed E-state index contributed by atoms with van der Waals surface area (Å²) in [5.74, 6) is -8.10. The lowest BCUT2D eigenvalue weighted by atomic mass is 9.97. The molecule has 9 atom stereocenters. The van der Waals surface area contributed by atoms with Crippen LogP contribution in [0.3, 0.4) is 0 Å². The van der Waals surface area contributed by atoms with Crippen LogP contribution in [-0.2, 0) is 61.9 Å². The van der Waals surface area contributed by atoms with E-state index in [2.05, 4.69) is 0 Å². The summed E-state index contributed by atoms with van der Waals surface area (Å²) in [7, 11) is 0. The standard InChI is InChI=1S/C29H36O18/c1-13(32)40-11-21-24(41-14(2)33)25(42-15(3)34)26(43-16(4)35)28(44-21)47-29(12-31)27(23(39)20(10-30)46-29)45-22(38)8-6-17-5-7-18(36)19(37)9-17/h5-9,20-21,23-28,30-31,36-37,39H,10-12H2,1-4H3. The topological polar surface area (TPSA) is 260 Å². The molecule has 0 radical (unpaired) electrons. The highest BCUT2D eigenvalue weighted by molar-refractivity contribution is 5.87. The van der Waals surface area contributed by atoms with E-state index in [9.17, 15) is 49.5 Å². The van der Waals surface area contributed by atoms with Crippen molar-refractivity contribution in [1.29, 1.82) is 0 Å². The van der Waals surface area contributed by atoms with Crippen molar-refractivity contribution < 1.29 is 87.4 Å². The molecule has 2 heterocycles. The van der Waals surface area contributed by atoms with Crippen LogP contribution in [0, 0.1) is 0 Å². The Morgan fingerprint density at radius 3 is 2.00 bits per heavy atom. The lowest BCUT2D eigenvalue weighted by molar-refractivity contribution is -0.384. The molecular weight excluding hydrogens is 636 g/mol. The Kier molecular flexibility index (Phi) is 12.6. The Morgan fingerprint density at radius 1 is 0.830 bits per heavy atom. The fourth-order valence-electron chi connectivity index (χ4n) is 4.87. The molecule has 0 amide bonds. The maximum Gasteiger partial charge on any atom is 0.331 e. The normalized spacial score (nSPS) is 30.4. The van der Waals surface area contributed by atoms with Crippen molar-refractivity contribution >= 4 is 35.9 Å². The summed E-state index contributed by atoms with van der Waals surface area (Å²) in [6.45, 7) is 1.44. The SMILES string of the molecule is CC(=O)OCC1OC(OC2(CO)OC(CO)C(O)C2OC(=O)C=Cc2ccc(O)c(O)c2)C(OC(C)=O)C(OC(C)=O)C1OC(C)=O. The van der Waals surface area contributed by atoms with Gasteiger partial charge in [-0.25, -0.2) is 4.79 Å². The number of aliphatic hydroxyl groups is 3. The van der Waals surface area contributed by atoms with Gasteiger partial charge < -0.3 is 63.4 Å². The third kappa shape index (κ3) is 9.37. The fraction of sp³-hybridized carbons (Fsp3) is 0.552. The maximum atomic E-state index is 12.8. The highest BCUT2D eigenvalue weighted by atomic mass is 16.8. The van der Waals surface area contributed by atoms with Gasteiger partial charge in [0.15, 0.2) is 35.9 Å².